The molecule has 6 heteroatoms. The van der Waals surface area contributed by atoms with Crippen LogP contribution in [0.2, 0.25) is 5.02 Å². The predicted molar refractivity (Wildman–Crippen MR) is 80.8 cm³/mol. The standard InChI is InChI=1S/C15H11ClN4O/c16-12-6-4-11(5-7-12)15(21)19-13-2-1-3-14(8-13)20-9-17-18-10-20/h1-10H,(H,19,21). The lowest BCUT2D eigenvalue weighted by Crippen LogP contribution is -2.11. The van der Waals surface area contributed by atoms with Crippen molar-refractivity contribution in [3.8, 4) is 5.69 Å². The van der Waals surface area contributed by atoms with Crippen LogP contribution in [0.15, 0.2) is 61.2 Å². The van der Waals surface area contributed by atoms with Gasteiger partial charge in [0.15, 0.2) is 0 Å². The Morgan fingerprint density at radius 1 is 1.05 bits per heavy atom. The van der Waals surface area contributed by atoms with Gasteiger partial charge >= 0.3 is 0 Å². The Balaban J connectivity index is 1.80. The molecule has 0 bridgehead atoms. The van der Waals surface area contributed by atoms with E-state index in [4.69, 9.17) is 11.6 Å². The zero-order chi connectivity index (χ0) is 14.7. The van der Waals surface area contributed by atoms with Crippen LogP contribution in [0.25, 0.3) is 5.69 Å². The van der Waals surface area contributed by atoms with Gasteiger partial charge < -0.3 is 5.32 Å². The lowest BCUT2D eigenvalue weighted by atomic mass is 10.2. The monoisotopic (exact) mass is 298 g/mol. The fourth-order valence-corrected chi connectivity index (χ4v) is 2.01. The van der Waals surface area contributed by atoms with E-state index in [9.17, 15) is 4.79 Å². The Morgan fingerprint density at radius 2 is 1.76 bits per heavy atom. The number of nitrogens with one attached hydrogen (secondary N) is 1. The van der Waals surface area contributed by atoms with E-state index >= 15 is 0 Å². The molecular formula is C15H11ClN4O. The van der Waals surface area contributed by atoms with E-state index in [1.54, 1.807) is 41.5 Å². The summed E-state index contributed by atoms with van der Waals surface area (Å²) in [6.07, 6.45) is 3.19. The molecule has 0 saturated heterocycles. The van der Waals surface area contributed by atoms with Crippen LogP contribution in [-0.2, 0) is 0 Å². The zero-order valence-electron chi connectivity index (χ0n) is 10.9. The topological polar surface area (TPSA) is 59.8 Å². The molecule has 0 atom stereocenters. The molecule has 1 N–H and O–H groups in total. The molecule has 5 nitrogen and oxygen atoms in total. The molecule has 0 aliphatic carbocycles. The lowest BCUT2D eigenvalue weighted by Gasteiger charge is -2.07. The van der Waals surface area contributed by atoms with Gasteiger partial charge in [-0.2, -0.15) is 0 Å². The first kappa shape index (κ1) is 13.3. The van der Waals surface area contributed by atoms with Gasteiger partial charge in [0.1, 0.15) is 12.7 Å². The molecule has 0 radical (unpaired) electrons. The molecule has 2 aromatic carbocycles. The highest BCUT2D eigenvalue weighted by Gasteiger charge is 2.06. The van der Waals surface area contributed by atoms with Crippen LogP contribution < -0.4 is 5.32 Å². The van der Waals surface area contributed by atoms with E-state index in [2.05, 4.69) is 15.5 Å². The highest BCUT2D eigenvalue weighted by molar-refractivity contribution is 6.30. The minimum Gasteiger partial charge on any atom is -0.322 e. The number of amides is 1. The van der Waals surface area contributed by atoms with Crippen molar-refractivity contribution in [1.82, 2.24) is 14.8 Å². The summed E-state index contributed by atoms with van der Waals surface area (Å²) in [6.45, 7) is 0. The third kappa shape index (κ3) is 3.09. The Labute approximate surface area is 126 Å². The van der Waals surface area contributed by atoms with Crippen molar-refractivity contribution in [3.63, 3.8) is 0 Å². The SMILES string of the molecule is O=C(Nc1cccc(-n2cnnc2)c1)c1ccc(Cl)cc1. The van der Waals surface area contributed by atoms with Crippen molar-refractivity contribution in [1.29, 1.82) is 0 Å². The van der Waals surface area contributed by atoms with Crippen LogP contribution >= 0.6 is 11.6 Å². The second kappa shape index (κ2) is 5.76. The van der Waals surface area contributed by atoms with Crippen molar-refractivity contribution in [2.45, 2.75) is 0 Å². The number of carbonyl (C=O) groups is 1. The summed E-state index contributed by atoms with van der Waals surface area (Å²) < 4.78 is 1.76. The van der Waals surface area contributed by atoms with Crippen molar-refractivity contribution in [2.24, 2.45) is 0 Å². The first-order valence-electron chi connectivity index (χ1n) is 6.24. The molecule has 3 rings (SSSR count). The summed E-state index contributed by atoms with van der Waals surface area (Å²) in [5.41, 5.74) is 2.11. The van der Waals surface area contributed by atoms with Gasteiger partial charge in [-0.1, -0.05) is 17.7 Å². The lowest BCUT2D eigenvalue weighted by molar-refractivity contribution is 0.102. The number of hydrogen-bond donors (Lipinski definition) is 1. The maximum Gasteiger partial charge on any atom is 0.255 e. The van der Waals surface area contributed by atoms with Crippen LogP contribution in [-0.4, -0.2) is 20.7 Å². The summed E-state index contributed by atoms with van der Waals surface area (Å²) in [5, 5.41) is 11.0. The van der Waals surface area contributed by atoms with Crippen molar-refractivity contribution >= 4 is 23.2 Å². The fourth-order valence-electron chi connectivity index (χ4n) is 1.88. The largest absolute Gasteiger partial charge is 0.322 e. The molecule has 0 aliphatic heterocycles. The van der Waals surface area contributed by atoms with Gasteiger partial charge in [0.25, 0.3) is 5.91 Å². The second-order valence-electron chi connectivity index (χ2n) is 4.38. The molecular weight excluding hydrogens is 288 g/mol. The van der Waals surface area contributed by atoms with Crippen LogP contribution in [0, 0.1) is 0 Å². The van der Waals surface area contributed by atoms with E-state index in [0.29, 0.717) is 16.3 Å². The smallest absolute Gasteiger partial charge is 0.255 e. The number of rotatable bonds is 3. The minimum atomic E-state index is -0.187. The Morgan fingerprint density at radius 3 is 2.48 bits per heavy atom. The van der Waals surface area contributed by atoms with E-state index in [1.165, 1.54) is 0 Å². The summed E-state index contributed by atoms with van der Waals surface area (Å²) >= 11 is 5.81. The average molecular weight is 299 g/mol. The van der Waals surface area contributed by atoms with Gasteiger partial charge in [0.05, 0.1) is 5.69 Å². The number of aromatic nitrogens is 3. The second-order valence-corrected chi connectivity index (χ2v) is 4.82. The molecule has 0 aliphatic rings. The van der Waals surface area contributed by atoms with Gasteiger partial charge in [-0.25, -0.2) is 0 Å². The molecule has 1 heterocycles. The molecule has 0 spiro atoms. The Hall–Kier alpha value is -2.66. The van der Waals surface area contributed by atoms with Gasteiger partial charge in [0, 0.05) is 16.3 Å². The number of benzene rings is 2. The molecule has 0 fully saturated rings. The Kier molecular flexibility index (Phi) is 3.66. The summed E-state index contributed by atoms with van der Waals surface area (Å²) in [7, 11) is 0. The van der Waals surface area contributed by atoms with Crippen LogP contribution in [0.3, 0.4) is 0 Å². The van der Waals surface area contributed by atoms with Crippen LogP contribution in [0.1, 0.15) is 10.4 Å². The van der Waals surface area contributed by atoms with Gasteiger partial charge in [-0.15, -0.1) is 10.2 Å². The predicted octanol–water partition coefficient (Wildman–Crippen LogP) is 3.17. The molecule has 1 aromatic heterocycles. The number of anilines is 1. The van der Waals surface area contributed by atoms with Crippen LogP contribution in [0.5, 0.6) is 0 Å². The fraction of sp³-hybridized carbons (Fsp3) is 0. The van der Waals surface area contributed by atoms with E-state index < -0.39 is 0 Å². The number of halogens is 1. The van der Waals surface area contributed by atoms with Gasteiger partial charge in [-0.3, -0.25) is 9.36 Å². The normalized spacial score (nSPS) is 10.3. The van der Waals surface area contributed by atoms with Crippen molar-refractivity contribution in [2.75, 3.05) is 5.32 Å². The number of carbonyl (C=O) groups excluding carboxylic acids is 1. The summed E-state index contributed by atoms with van der Waals surface area (Å²) in [5.74, 6) is -0.187. The molecule has 21 heavy (non-hydrogen) atoms. The third-order valence-electron chi connectivity index (χ3n) is 2.93. The quantitative estimate of drug-likeness (QED) is 0.808. The molecule has 104 valence electrons. The van der Waals surface area contributed by atoms with E-state index in [-0.39, 0.29) is 5.91 Å². The Bertz CT molecular complexity index is 754. The first-order valence-corrected chi connectivity index (χ1v) is 6.62. The molecule has 0 unspecified atom stereocenters. The maximum atomic E-state index is 12.1. The summed E-state index contributed by atoms with van der Waals surface area (Å²) in [6, 6.07) is 14.2. The molecule has 0 saturated carbocycles. The summed E-state index contributed by atoms with van der Waals surface area (Å²) in [4.78, 5) is 12.1. The van der Waals surface area contributed by atoms with E-state index in [0.717, 1.165) is 5.69 Å². The number of nitrogens with zero attached hydrogens (tertiary/aromatic N) is 3. The number of hydrogen-bond acceptors (Lipinski definition) is 3. The molecule has 1 amide bonds. The van der Waals surface area contributed by atoms with Crippen molar-refractivity contribution in [3.05, 3.63) is 71.8 Å². The minimum absolute atomic E-state index is 0.187. The highest BCUT2D eigenvalue weighted by Crippen LogP contribution is 2.16. The average Bonchev–Trinajstić information content (AvgIpc) is 3.02. The highest BCUT2D eigenvalue weighted by atomic mass is 35.5. The molecule has 3 aromatic rings. The third-order valence-corrected chi connectivity index (χ3v) is 3.18. The zero-order valence-corrected chi connectivity index (χ0v) is 11.7. The maximum absolute atomic E-state index is 12.1. The van der Waals surface area contributed by atoms with Gasteiger partial charge in [0.2, 0.25) is 0 Å². The van der Waals surface area contributed by atoms with Crippen molar-refractivity contribution < 1.29 is 4.79 Å². The first-order chi connectivity index (χ1) is 10.2. The van der Waals surface area contributed by atoms with Gasteiger partial charge in [-0.05, 0) is 42.5 Å². The van der Waals surface area contributed by atoms with Crippen LogP contribution in [0.4, 0.5) is 5.69 Å². The van der Waals surface area contributed by atoms with E-state index in [1.807, 2.05) is 24.3 Å².